The van der Waals surface area contributed by atoms with Gasteiger partial charge in [-0.15, -0.1) is 0 Å². The highest BCUT2D eigenvalue weighted by molar-refractivity contribution is 5.82. The van der Waals surface area contributed by atoms with Gasteiger partial charge in [-0.05, 0) is 19.0 Å². The third-order valence-electron chi connectivity index (χ3n) is 2.59. The van der Waals surface area contributed by atoms with E-state index >= 15 is 0 Å². The van der Waals surface area contributed by atoms with E-state index in [4.69, 9.17) is 5.11 Å². The average molecular weight is 250 g/mol. The zero-order chi connectivity index (χ0) is 13.4. The fourth-order valence-electron chi connectivity index (χ4n) is 1.59. The normalized spacial score (nSPS) is 11.8. The van der Waals surface area contributed by atoms with Gasteiger partial charge in [-0.2, -0.15) is 0 Å². The number of carboxylic acid groups (broad SMARTS) is 1. The first kappa shape index (κ1) is 14.2. The molecule has 0 radical (unpaired) electrons. The van der Waals surface area contributed by atoms with Gasteiger partial charge in [0.05, 0.1) is 12.5 Å². The fraction of sp³-hybridized carbons (Fsp3) is 0.385. The van der Waals surface area contributed by atoms with Crippen LogP contribution >= 0.6 is 0 Å². The predicted molar refractivity (Wildman–Crippen MR) is 68.3 cm³/mol. The highest BCUT2D eigenvalue weighted by Gasteiger charge is 2.16. The maximum Gasteiger partial charge on any atom is 0.305 e. The Morgan fingerprint density at radius 3 is 2.50 bits per heavy atom. The van der Waals surface area contributed by atoms with Crippen LogP contribution in [-0.4, -0.2) is 36.6 Å². The summed E-state index contributed by atoms with van der Waals surface area (Å²) in [5.41, 5.74) is 1.06. The number of carboxylic acids is 1. The lowest BCUT2D eigenvalue weighted by Crippen LogP contribution is -2.44. The first-order chi connectivity index (χ1) is 8.63. The summed E-state index contributed by atoms with van der Waals surface area (Å²) in [6.07, 6.45) is 0.518. The lowest BCUT2D eigenvalue weighted by molar-refractivity contribution is -0.136. The molecule has 5 heteroatoms. The Balaban J connectivity index is 2.45. The van der Waals surface area contributed by atoms with Crippen LogP contribution in [0.15, 0.2) is 30.3 Å². The van der Waals surface area contributed by atoms with Crippen molar-refractivity contribution in [2.24, 2.45) is 0 Å². The molecule has 0 aliphatic rings. The minimum Gasteiger partial charge on any atom is -0.481 e. The number of hydrogen-bond donors (Lipinski definition) is 3. The number of carbonyl (C=O) groups excluding carboxylic acids is 1. The van der Waals surface area contributed by atoms with E-state index in [0.29, 0.717) is 6.42 Å². The van der Waals surface area contributed by atoms with Crippen LogP contribution in [0.2, 0.25) is 0 Å². The van der Waals surface area contributed by atoms with Gasteiger partial charge in [-0.25, -0.2) is 0 Å². The molecule has 0 spiro atoms. The Morgan fingerprint density at radius 2 is 1.94 bits per heavy atom. The lowest BCUT2D eigenvalue weighted by atomic mass is 10.1. The zero-order valence-electron chi connectivity index (χ0n) is 10.3. The molecule has 0 fully saturated rings. The van der Waals surface area contributed by atoms with Gasteiger partial charge in [0, 0.05) is 6.54 Å². The van der Waals surface area contributed by atoms with Crippen molar-refractivity contribution in [1.82, 2.24) is 10.6 Å². The first-order valence-electron chi connectivity index (χ1n) is 5.84. The molecule has 1 amide bonds. The molecule has 1 unspecified atom stereocenters. The Morgan fingerprint density at radius 1 is 1.28 bits per heavy atom. The molecule has 0 bridgehead atoms. The van der Waals surface area contributed by atoms with E-state index in [2.05, 4.69) is 10.6 Å². The van der Waals surface area contributed by atoms with Crippen molar-refractivity contribution in [3.05, 3.63) is 35.9 Å². The molecule has 0 saturated carbocycles. The van der Waals surface area contributed by atoms with Gasteiger partial charge in [0.2, 0.25) is 5.91 Å². The number of hydrogen-bond acceptors (Lipinski definition) is 3. The van der Waals surface area contributed by atoms with Crippen LogP contribution < -0.4 is 10.6 Å². The third kappa shape index (κ3) is 4.97. The van der Waals surface area contributed by atoms with Crippen LogP contribution in [0, 0.1) is 0 Å². The van der Waals surface area contributed by atoms with E-state index in [9.17, 15) is 9.59 Å². The number of rotatable bonds is 7. The standard InChI is InChI=1S/C13H18N2O3/c1-14-11(9-10-5-3-2-4-6-10)13(18)15-8-7-12(16)17/h2-6,11,14H,7-9H2,1H3,(H,15,18)(H,16,17). The summed E-state index contributed by atoms with van der Waals surface area (Å²) in [5, 5.41) is 14.0. The first-order valence-corrected chi connectivity index (χ1v) is 5.84. The van der Waals surface area contributed by atoms with Crippen molar-refractivity contribution in [3.63, 3.8) is 0 Å². The zero-order valence-corrected chi connectivity index (χ0v) is 10.3. The van der Waals surface area contributed by atoms with E-state index in [1.165, 1.54) is 0 Å². The fourth-order valence-corrected chi connectivity index (χ4v) is 1.59. The van der Waals surface area contributed by atoms with Gasteiger partial charge in [-0.1, -0.05) is 30.3 Å². The summed E-state index contributed by atoms with van der Waals surface area (Å²) >= 11 is 0. The summed E-state index contributed by atoms with van der Waals surface area (Å²) in [7, 11) is 1.71. The van der Waals surface area contributed by atoms with Crippen LogP contribution in [-0.2, 0) is 16.0 Å². The highest BCUT2D eigenvalue weighted by atomic mass is 16.4. The van der Waals surface area contributed by atoms with Crippen molar-refractivity contribution in [2.45, 2.75) is 18.9 Å². The average Bonchev–Trinajstić information content (AvgIpc) is 2.36. The Hall–Kier alpha value is -1.88. The number of nitrogens with one attached hydrogen (secondary N) is 2. The monoisotopic (exact) mass is 250 g/mol. The number of carbonyl (C=O) groups is 2. The molecule has 1 aromatic rings. The number of likely N-dealkylation sites (N-methyl/N-ethyl adjacent to an activating group) is 1. The molecule has 98 valence electrons. The second-order valence-electron chi connectivity index (χ2n) is 3.97. The maximum atomic E-state index is 11.8. The molecule has 3 N–H and O–H groups in total. The molecule has 0 aliphatic heterocycles. The minimum absolute atomic E-state index is 0.0620. The van der Waals surface area contributed by atoms with Crippen molar-refractivity contribution >= 4 is 11.9 Å². The molecule has 0 heterocycles. The number of aliphatic carboxylic acids is 1. The van der Waals surface area contributed by atoms with Gasteiger partial charge >= 0.3 is 5.97 Å². The van der Waals surface area contributed by atoms with Gasteiger partial charge in [-0.3, -0.25) is 9.59 Å². The third-order valence-corrected chi connectivity index (χ3v) is 2.59. The summed E-state index contributed by atoms with van der Waals surface area (Å²) in [6, 6.07) is 9.32. The molecule has 1 atom stereocenters. The van der Waals surface area contributed by atoms with Crippen LogP contribution in [0.4, 0.5) is 0 Å². The van der Waals surface area contributed by atoms with E-state index in [-0.39, 0.29) is 24.9 Å². The predicted octanol–water partition coefficient (Wildman–Crippen LogP) is 0.408. The second-order valence-corrected chi connectivity index (χ2v) is 3.97. The lowest BCUT2D eigenvalue weighted by Gasteiger charge is -2.15. The van der Waals surface area contributed by atoms with Crippen molar-refractivity contribution in [1.29, 1.82) is 0 Å². The minimum atomic E-state index is -0.917. The second kappa shape index (κ2) is 7.45. The largest absolute Gasteiger partial charge is 0.481 e. The molecule has 18 heavy (non-hydrogen) atoms. The molecule has 5 nitrogen and oxygen atoms in total. The topological polar surface area (TPSA) is 78.4 Å². The molecule has 0 aromatic heterocycles. The summed E-state index contributed by atoms with van der Waals surface area (Å²) in [5.74, 6) is -1.10. The van der Waals surface area contributed by atoms with Crippen LogP contribution in [0.3, 0.4) is 0 Å². The molecular formula is C13H18N2O3. The molecule has 0 saturated heterocycles. The molecule has 0 aliphatic carbocycles. The van der Waals surface area contributed by atoms with Crippen molar-refractivity contribution < 1.29 is 14.7 Å². The molecule has 1 rings (SSSR count). The van der Waals surface area contributed by atoms with Gasteiger partial charge in [0.25, 0.3) is 0 Å². The van der Waals surface area contributed by atoms with Crippen LogP contribution in [0.25, 0.3) is 0 Å². The Kier molecular flexibility index (Phi) is 5.87. The molecule has 1 aromatic carbocycles. The van der Waals surface area contributed by atoms with E-state index < -0.39 is 5.97 Å². The van der Waals surface area contributed by atoms with Crippen LogP contribution in [0.5, 0.6) is 0 Å². The Bertz CT molecular complexity index is 392. The Labute approximate surface area is 106 Å². The number of benzene rings is 1. The summed E-state index contributed by atoms with van der Waals surface area (Å²) in [6.45, 7) is 0.154. The van der Waals surface area contributed by atoms with Gasteiger partial charge in [0.1, 0.15) is 0 Å². The summed E-state index contributed by atoms with van der Waals surface area (Å²) < 4.78 is 0. The van der Waals surface area contributed by atoms with Crippen molar-refractivity contribution in [2.75, 3.05) is 13.6 Å². The maximum absolute atomic E-state index is 11.8. The number of amides is 1. The van der Waals surface area contributed by atoms with Crippen molar-refractivity contribution in [3.8, 4) is 0 Å². The smallest absolute Gasteiger partial charge is 0.305 e. The van der Waals surface area contributed by atoms with Crippen LogP contribution in [0.1, 0.15) is 12.0 Å². The molecular weight excluding hydrogens is 232 g/mol. The highest BCUT2D eigenvalue weighted by Crippen LogP contribution is 2.03. The summed E-state index contributed by atoms with van der Waals surface area (Å²) in [4.78, 5) is 22.1. The van der Waals surface area contributed by atoms with E-state index in [1.807, 2.05) is 30.3 Å². The SMILES string of the molecule is CNC(Cc1ccccc1)C(=O)NCCC(=O)O. The van der Waals surface area contributed by atoms with Gasteiger partial charge in [0.15, 0.2) is 0 Å². The van der Waals surface area contributed by atoms with E-state index in [1.54, 1.807) is 7.05 Å². The van der Waals surface area contributed by atoms with E-state index in [0.717, 1.165) is 5.56 Å². The quantitative estimate of drug-likeness (QED) is 0.655. The van der Waals surface area contributed by atoms with Gasteiger partial charge < -0.3 is 15.7 Å².